The lowest BCUT2D eigenvalue weighted by Gasteiger charge is -1.97. The fourth-order valence-electron chi connectivity index (χ4n) is 1.55. The first-order chi connectivity index (χ1) is 6.79. The van der Waals surface area contributed by atoms with Crippen LogP contribution in [0.15, 0.2) is 22.6 Å². The van der Waals surface area contributed by atoms with E-state index in [1.54, 1.807) is 0 Å². The van der Waals surface area contributed by atoms with Gasteiger partial charge < -0.3 is 10.2 Å². The van der Waals surface area contributed by atoms with Gasteiger partial charge in [0.05, 0.1) is 0 Å². The highest BCUT2D eigenvalue weighted by Gasteiger charge is 2.02. The van der Waals surface area contributed by atoms with Crippen molar-refractivity contribution in [3.63, 3.8) is 0 Å². The Morgan fingerprint density at radius 3 is 2.93 bits per heavy atom. The zero-order chi connectivity index (χ0) is 9.97. The Labute approximate surface area is 95.1 Å². The van der Waals surface area contributed by atoms with E-state index in [1.807, 2.05) is 19.1 Å². The maximum absolute atomic E-state index is 5.46. The lowest BCUT2D eigenvalue weighted by molar-refractivity contribution is 0.560. The smallest absolute Gasteiger partial charge is 0.192 e. The summed E-state index contributed by atoms with van der Waals surface area (Å²) < 4.78 is 5.45. The number of benzene rings is 1. The number of rotatable bonds is 3. The first-order valence-corrected chi connectivity index (χ1v) is 4.86. The van der Waals surface area contributed by atoms with E-state index in [4.69, 9.17) is 10.2 Å². The van der Waals surface area contributed by atoms with E-state index in [2.05, 4.69) is 11.1 Å². The fourth-order valence-corrected chi connectivity index (χ4v) is 1.55. The third-order valence-electron chi connectivity index (χ3n) is 2.23. The molecule has 2 aromatic rings. The third-order valence-corrected chi connectivity index (χ3v) is 2.23. The number of nitrogens with zero attached hydrogens (tertiary/aromatic N) is 1. The van der Waals surface area contributed by atoms with E-state index < -0.39 is 0 Å². The van der Waals surface area contributed by atoms with Crippen LogP contribution in [0.5, 0.6) is 0 Å². The normalized spacial score (nSPS) is 10.3. The van der Waals surface area contributed by atoms with Gasteiger partial charge in [-0.3, -0.25) is 0 Å². The molecular formula is C11H15ClN2O. The van der Waals surface area contributed by atoms with Gasteiger partial charge in [-0.05, 0) is 37.1 Å². The number of aromatic nitrogens is 1. The van der Waals surface area contributed by atoms with Crippen LogP contribution >= 0.6 is 12.4 Å². The number of oxazole rings is 1. The SMILES string of the molecule is Cc1nc2ccc(CCCN)cc2o1.Cl. The molecule has 2 N–H and O–H groups in total. The average Bonchev–Trinajstić information content (AvgIpc) is 2.54. The molecule has 0 unspecified atom stereocenters. The predicted molar refractivity (Wildman–Crippen MR) is 63.4 cm³/mol. The van der Waals surface area contributed by atoms with Crippen molar-refractivity contribution in [3.8, 4) is 0 Å². The molecule has 0 fully saturated rings. The highest BCUT2D eigenvalue weighted by Crippen LogP contribution is 2.17. The van der Waals surface area contributed by atoms with E-state index in [9.17, 15) is 0 Å². The van der Waals surface area contributed by atoms with E-state index in [0.717, 1.165) is 36.4 Å². The summed E-state index contributed by atoms with van der Waals surface area (Å²) in [6, 6.07) is 6.13. The molecule has 0 aliphatic rings. The highest BCUT2D eigenvalue weighted by atomic mass is 35.5. The first-order valence-electron chi connectivity index (χ1n) is 4.86. The number of hydrogen-bond acceptors (Lipinski definition) is 3. The summed E-state index contributed by atoms with van der Waals surface area (Å²) in [6.07, 6.45) is 2.02. The zero-order valence-corrected chi connectivity index (χ0v) is 9.51. The molecule has 0 atom stereocenters. The largest absolute Gasteiger partial charge is 0.441 e. The van der Waals surface area contributed by atoms with Gasteiger partial charge in [-0.15, -0.1) is 12.4 Å². The highest BCUT2D eigenvalue weighted by molar-refractivity contribution is 5.85. The van der Waals surface area contributed by atoms with Crippen molar-refractivity contribution in [1.82, 2.24) is 4.98 Å². The standard InChI is InChI=1S/C11H14N2O.ClH/c1-8-13-10-5-4-9(3-2-6-12)7-11(10)14-8;/h4-5,7H,2-3,6,12H2,1H3;1H. The van der Waals surface area contributed by atoms with Crippen LogP contribution in [0.1, 0.15) is 17.9 Å². The van der Waals surface area contributed by atoms with Crippen LogP contribution in [0.25, 0.3) is 11.1 Å². The maximum Gasteiger partial charge on any atom is 0.192 e. The van der Waals surface area contributed by atoms with Crippen LogP contribution in [0.4, 0.5) is 0 Å². The van der Waals surface area contributed by atoms with E-state index in [0.29, 0.717) is 0 Å². The summed E-state index contributed by atoms with van der Waals surface area (Å²) in [5.41, 5.74) is 8.52. The summed E-state index contributed by atoms with van der Waals surface area (Å²) in [7, 11) is 0. The van der Waals surface area contributed by atoms with Crippen molar-refractivity contribution in [2.24, 2.45) is 5.73 Å². The molecule has 4 heteroatoms. The molecule has 0 aliphatic carbocycles. The molecule has 1 heterocycles. The van der Waals surface area contributed by atoms with Crippen LogP contribution < -0.4 is 5.73 Å². The van der Waals surface area contributed by atoms with Crippen molar-refractivity contribution in [2.45, 2.75) is 19.8 Å². The Bertz CT molecular complexity index is 439. The summed E-state index contributed by atoms with van der Waals surface area (Å²) in [5, 5.41) is 0. The van der Waals surface area contributed by atoms with Gasteiger partial charge in [0, 0.05) is 6.92 Å². The van der Waals surface area contributed by atoms with Gasteiger partial charge in [0.25, 0.3) is 0 Å². The molecule has 82 valence electrons. The molecule has 0 amide bonds. The van der Waals surface area contributed by atoms with Crippen molar-refractivity contribution in [2.75, 3.05) is 6.54 Å². The minimum Gasteiger partial charge on any atom is -0.441 e. The molecule has 0 radical (unpaired) electrons. The van der Waals surface area contributed by atoms with E-state index >= 15 is 0 Å². The van der Waals surface area contributed by atoms with Crippen molar-refractivity contribution >= 4 is 23.5 Å². The van der Waals surface area contributed by atoms with Gasteiger partial charge in [-0.25, -0.2) is 4.98 Å². The van der Waals surface area contributed by atoms with Crippen LogP contribution in [0.3, 0.4) is 0 Å². The topological polar surface area (TPSA) is 52.0 Å². The first kappa shape index (κ1) is 12.0. The summed E-state index contributed by atoms with van der Waals surface area (Å²) in [6.45, 7) is 2.59. The Morgan fingerprint density at radius 2 is 2.20 bits per heavy atom. The van der Waals surface area contributed by atoms with Gasteiger partial charge in [-0.1, -0.05) is 6.07 Å². The molecule has 0 saturated heterocycles. The second kappa shape index (κ2) is 5.14. The Kier molecular flexibility index (Phi) is 4.12. The van der Waals surface area contributed by atoms with Gasteiger partial charge in [-0.2, -0.15) is 0 Å². The zero-order valence-electron chi connectivity index (χ0n) is 8.69. The molecule has 1 aromatic heterocycles. The molecule has 0 spiro atoms. The predicted octanol–water partition coefficient (Wildman–Crippen LogP) is 2.45. The summed E-state index contributed by atoms with van der Waals surface area (Å²) >= 11 is 0. The van der Waals surface area contributed by atoms with Crippen LogP contribution in [0, 0.1) is 6.92 Å². The van der Waals surface area contributed by atoms with Gasteiger partial charge in [0.2, 0.25) is 0 Å². The Hall–Kier alpha value is -1.06. The summed E-state index contributed by atoms with van der Waals surface area (Å²) in [4.78, 5) is 4.24. The van der Waals surface area contributed by atoms with Crippen LogP contribution in [-0.2, 0) is 6.42 Å². The van der Waals surface area contributed by atoms with Crippen LogP contribution in [0.2, 0.25) is 0 Å². The third kappa shape index (κ3) is 2.70. The Morgan fingerprint density at radius 1 is 1.40 bits per heavy atom. The lowest BCUT2D eigenvalue weighted by Crippen LogP contribution is -2.00. The second-order valence-corrected chi connectivity index (χ2v) is 3.43. The molecule has 2 rings (SSSR count). The Balaban J connectivity index is 0.00000112. The van der Waals surface area contributed by atoms with E-state index in [1.165, 1.54) is 5.56 Å². The fraction of sp³-hybridized carbons (Fsp3) is 0.364. The molecular weight excluding hydrogens is 212 g/mol. The van der Waals surface area contributed by atoms with Gasteiger partial charge in [0.1, 0.15) is 5.52 Å². The van der Waals surface area contributed by atoms with Gasteiger partial charge >= 0.3 is 0 Å². The molecule has 0 saturated carbocycles. The molecule has 0 aliphatic heterocycles. The second-order valence-electron chi connectivity index (χ2n) is 3.43. The lowest BCUT2D eigenvalue weighted by atomic mass is 10.1. The van der Waals surface area contributed by atoms with Crippen molar-refractivity contribution in [1.29, 1.82) is 0 Å². The number of hydrogen-bond donors (Lipinski definition) is 1. The van der Waals surface area contributed by atoms with Crippen LogP contribution in [-0.4, -0.2) is 11.5 Å². The summed E-state index contributed by atoms with van der Waals surface area (Å²) in [5.74, 6) is 0.718. The van der Waals surface area contributed by atoms with E-state index in [-0.39, 0.29) is 12.4 Å². The minimum absolute atomic E-state index is 0. The molecule has 1 aromatic carbocycles. The van der Waals surface area contributed by atoms with Gasteiger partial charge in [0.15, 0.2) is 11.5 Å². The quantitative estimate of drug-likeness (QED) is 0.875. The molecule has 15 heavy (non-hydrogen) atoms. The molecule has 0 bridgehead atoms. The average molecular weight is 227 g/mol. The number of fused-ring (bicyclic) bond motifs is 1. The monoisotopic (exact) mass is 226 g/mol. The minimum atomic E-state index is 0. The van der Waals surface area contributed by atoms with Crippen molar-refractivity contribution in [3.05, 3.63) is 29.7 Å². The number of nitrogens with two attached hydrogens (primary N) is 1. The number of aryl methyl sites for hydroxylation is 2. The van der Waals surface area contributed by atoms with Crippen molar-refractivity contribution < 1.29 is 4.42 Å². The maximum atomic E-state index is 5.46. The molecule has 3 nitrogen and oxygen atoms in total. The number of halogens is 1.